The van der Waals surface area contributed by atoms with Gasteiger partial charge in [0.15, 0.2) is 0 Å². The van der Waals surface area contributed by atoms with Crippen molar-refractivity contribution in [1.29, 1.82) is 0 Å². The van der Waals surface area contributed by atoms with Crippen molar-refractivity contribution >= 4 is 17.5 Å². The van der Waals surface area contributed by atoms with Crippen LogP contribution >= 0.6 is 0 Å². The van der Waals surface area contributed by atoms with Crippen molar-refractivity contribution < 1.29 is 13.2 Å². The minimum Gasteiger partial charge on any atom is -0.374 e. The predicted molar refractivity (Wildman–Crippen MR) is 217 cm³/mol. The molecule has 2 aromatic rings. The Kier molecular flexibility index (Phi) is 20.9. The predicted octanol–water partition coefficient (Wildman–Crippen LogP) is 9.11. The molecule has 53 heavy (non-hydrogen) atoms. The van der Waals surface area contributed by atoms with E-state index in [0.29, 0.717) is 26.1 Å². The zero-order valence-corrected chi connectivity index (χ0v) is 34.0. The van der Waals surface area contributed by atoms with Gasteiger partial charge in [0, 0.05) is 61.6 Å². The molecule has 1 aromatic heterocycles. The number of anilines is 3. The first kappa shape index (κ1) is 45.8. The monoisotopic (exact) mass is 743 g/mol. The minimum atomic E-state index is -4.57. The van der Waals surface area contributed by atoms with Gasteiger partial charge in [0.05, 0.1) is 0 Å². The van der Waals surface area contributed by atoms with Crippen LogP contribution in [0.3, 0.4) is 0 Å². The first-order valence-corrected chi connectivity index (χ1v) is 20.0. The minimum absolute atomic E-state index is 0.00767. The van der Waals surface area contributed by atoms with Crippen LogP contribution in [-0.2, 0) is 12.6 Å². The number of rotatable bonds is 13. The number of aromatic nitrogens is 2. The molecule has 0 radical (unpaired) electrons. The molecule has 0 bridgehead atoms. The molecule has 298 valence electrons. The van der Waals surface area contributed by atoms with Crippen molar-refractivity contribution in [2.75, 3.05) is 63.5 Å². The van der Waals surface area contributed by atoms with Crippen molar-refractivity contribution in [3.63, 3.8) is 0 Å². The fourth-order valence-electron chi connectivity index (χ4n) is 6.94. The number of allylic oxidation sites excluding steroid dienone is 1. The van der Waals surface area contributed by atoms with Crippen LogP contribution in [0.5, 0.6) is 0 Å². The fourth-order valence-corrected chi connectivity index (χ4v) is 6.94. The van der Waals surface area contributed by atoms with Crippen LogP contribution in [0.1, 0.15) is 110 Å². The molecule has 1 aromatic carbocycles. The van der Waals surface area contributed by atoms with Gasteiger partial charge in [-0.05, 0) is 110 Å². The number of halogens is 3. The second-order valence-corrected chi connectivity index (χ2v) is 14.1. The summed E-state index contributed by atoms with van der Waals surface area (Å²) in [4.78, 5) is 15.4. The largest absolute Gasteiger partial charge is 0.421 e. The molecule has 11 heteroatoms. The Morgan fingerprint density at radius 3 is 2.34 bits per heavy atom. The van der Waals surface area contributed by atoms with Crippen LogP contribution in [0.2, 0.25) is 0 Å². The average Bonchev–Trinajstić information content (AvgIpc) is 3.13. The van der Waals surface area contributed by atoms with Gasteiger partial charge in [0.1, 0.15) is 11.4 Å². The number of nitrogens with zero attached hydrogens (tertiary/aromatic N) is 5. The van der Waals surface area contributed by atoms with E-state index < -0.39 is 11.7 Å². The first-order valence-electron chi connectivity index (χ1n) is 20.0. The second-order valence-electron chi connectivity index (χ2n) is 14.1. The van der Waals surface area contributed by atoms with Crippen LogP contribution in [-0.4, -0.2) is 89.6 Å². The SMILES string of the molecule is C=C1CC(C#CC)CCC(N)CN1CCCNc1nc(Nc2ccc(C)cc2CC)ncc1C(F)(F)F.CC.CCCN(CCC)C1CCN(C)CC1. The molecule has 2 atom stereocenters. The third-order valence-corrected chi connectivity index (χ3v) is 9.72. The number of benzene rings is 1. The number of nitrogens with one attached hydrogen (secondary N) is 2. The van der Waals surface area contributed by atoms with Crippen LogP contribution < -0.4 is 16.4 Å². The zero-order valence-electron chi connectivity index (χ0n) is 34.0. The van der Waals surface area contributed by atoms with Crippen molar-refractivity contribution in [3.8, 4) is 11.8 Å². The normalized spacial score (nSPS) is 18.4. The summed E-state index contributed by atoms with van der Waals surface area (Å²) in [5.41, 5.74) is 9.29. The van der Waals surface area contributed by atoms with E-state index in [2.05, 4.69) is 74.6 Å². The Labute approximate surface area is 319 Å². The summed E-state index contributed by atoms with van der Waals surface area (Å²) in [6, 6.07) is 6.74. The third-order valence-electron chi connectivity index (χ3n) is 9.72. The highest BCUT2D eigenvalue weighted by Gasteiger charge is 2.35. The highest BCUT2D eigenvalue weighted by atomic mass is 19.4. The van der Waals surface area contributed by atoms with Crippen LogP contribution in [0.15, 0.2) is 36.7 Å². The van der Waals surface area contributed by atoms with E-state index in [1.807, 2.05) is 52.8 Å². The molecular weight excluding hydrogens is 674 g/mol. The van der Waals surface area contributed by atoms with Crippen molar-refractivity contribution in [2.24, 2.45) is 11.7 Å². The fraction of sp³-hybridized carbons (Fsp3) is 0.667. The average molecular weight is 743 g/mol. The Morgan fingerprint density at radius 2 is 1.74 bits per heavy atom. The van der Waals surface area contributed by atoms with Crippen LogP contribution in [0.4, 0.5) is 30.6 Å². The molecule has 3 heterocycles. The summed E-state index contributed by atoms with van der Waals surface area (Å²) in [5, 5.41) is 5.96. The van der Waals surface area contributed by atoms with Crippen LogP contribution in [0.25, 0.3) is 0 Å². The van der Waals surface area contributed by atoms with Gasteiger partial charge in [0.2, 0.25) is 5.95 Å². The first-order chi connectivity index (χ1) is 25.4. The number of hydrogen-bond donors (Lipinski definition) is 3. The lowest BCUT2D eigenvalue weighted by Crippen LogP contribution is -2.44. The quantitative estimate of drug-likeness (QED) is 0.139. The zero-order chi connectivity index (χ0) is 39.4. The van der Waals surface area contributed by atoms with Crippen molar-refractivity contribution in [3.05, 3.63) is 53.4 Å². The van der Waals surface area contributed by atoms with Gasteiger partial charge in [-0.3, -0.25) is 0 Å². The second kappa shape index (κ2) is 24.2. The molecule has 4 N–H and O–H groups in total. The molecule has 0 saturated carbocycles. The lowest BCUT2D eigenvalue weighted by Gasteiger charge is -2.37. The maximum absolute atomic E-state index is 13.7. The van der Waals surface area contributed by atoms with E-state index in [1.165, 1.54) is 51.9 Å². The van der Waals surface area contributed by atoms with E-state index in [9.17, 15) is 13.2 Å². The van der Waals surface area contributed by atoms with Gasteiger partial charge in [-0.25, -0.2) is 4.98 Å². The Hall–Kier alpha value is -3.33. The summed E-state index contributed by atoms with van der Waals surface area (Å²) in [6.07, 6.45) is 5.57. The van der Waals surface area contributed by atoms with E-state index in [1.54, 1.807) is 0 Å². The number of likely N-dealkylation sites (tertiary alicyclic amines) is 2. The lowest BCUT2D eigenvalue weighted by molar-refractivity contribution is -0.137. The molecule has 2 fully saturated rings. The Bertz CT molecular complexity index is 1410. The Balaban J connectivity index is 0.000000507. The van der Waals surface area contributed by atoms with Gasteiger partial charge < -0.3 is 31.1 Å². The molecule has 2 unspecified atom stereocenters. The molecule has 0 spiro atoms. The smallest absolute Gasteiger partial charge is 0.374 e. The Morgan fingerprint density at radius 1 is 1.06 bits per heavy atom. The molecule has 8 nitrogen and oxygen atoms in total. The van der Waals surface area contributed by atoms with Gasteiger partial charge >= 0.3 is 6.18 Å². The standard InChI is InChI=1S/C28H37F3N6.C12H26N2.C2H6/c1-5-8-21-10-11-23(32)18-37(20(4)16-21)14-7-13-33-26-24(28(29,30)31)17-34-27(36-26)35-25-12-9-19(3)15-22(25)6-2;1-4-8-14(9-5-2)12-6-10-13(3)11-7-12;1-2/h9,12,15,17,21,23H,4,6-7,10-11,13-14,16,18,32H2,1-3H3,(H2,33,34,35,36);12H,4-11H2,1-3H3;1-2H3. The van der Waals surface area contributed by atoms with Crippen molar-refractivity contribution in [1.82, 2.24) is 24.7 Å². The number of aryl methyl sites for hydroxylation is 2. The van der Waals surface area contributed by atoms with Gasteiger partial charge in [-0.15, -0.1) is 5.92 Å². The third kappa shape index (κ3) is 15.9. The van der Waals surface area contributed by atoms with Gasteiger partial charge in [-0.1, -0.05) is 64.8 Å². The number of hydrogen-bond acceptors (Lipinski definition) is 8. The molecule has 4 rings (SSSR count). The van der Waals surface area contributed by atoms with E-state index in [-0.39, 0.29) is 23.7 Å². The lowest BCUT2D eigenvalue weighted by atomic mass is 9.93. The molecule has 2 aliphatic rings. The summed E-state index contributed by atoms with van der Waals surface area (Å²) in [7, 11) is 2.24. The van der Waals surface area contributed by atoms with E-state index >= 15 is 0 Å². The van der Waals surface area contributed by atoms with E-state index in [4.69, 9.17) is 5.73 Å². The molecule has 0 amide bonds. The summed E-state index contributed by atoms with van der Waals surface area (Å²) in [6.45, 7) is 25.4. The van der Waals surface area contributed by atoms with Gasteiger partial charge in [0.25, 0.3) is 0 Å². The van der Waals surface area contributed by atoms with E-state index in [0.717, 1.165) is 60.4 Å². The van der Waals surface area contributed by atoms with Gasteiger partial charge in [-0.2, -0.15) is 18.2 Å². The number of piperidine rings is 1. The molecule has 2 saturated heterocycles. The highest BCUT2D eigenvalue weighted by molar-refractivity contribution is 5.61. The summed E-state index contributed by atoms with van der Waals surface area (Å²) >= 11 is 0. The maximum atomic E-state index is 13.7. The number of nitrogens with two attached hydrogens (primary N) is 1. The maximum Gasteiger partial charge on any atom is 0.421 e. The summed E-state index contributed by atoms with van der Waals surface area (Å²) < 4.78 is 41.0. The molecule has 2 aliphatic heterocycles. The highest BCUT2D eigenvalue weighted by Crippen LogP contribution is 2.34. The summed E-state index contributed by atoms with van der Waals surface area (Å²) in [5.74, 6) is 6.32. The number of alkyl halides is 3. The van der Waals surface area contributed by atoms with Crippen LogP contribution in [0, 0.1) is 24.7 Å². The topological polar surface area (TPSA) is 85.6 Å². The molecule has 0 aliphatic carbocycles. The molecular formula is C42H69F3N8. The van der Waals surface area contributed by atoms with Crippen molar-refractivity contribution in [2.45, 2.75) is 125 Å².